The second-order valence-corrected chi connectivity index (χ2v) is 6.69. The monoisotopic (exact) mass is 378 g/mol. The molecule has 1 amide bonds. The van der Waals surface area contributed by atoms with Crippen LogP contribution in [0.1, 0.15) is 28.2 Å². The Balaban J connectivity index is 0.00000225. The number of carbonyl (C=O) groups is 1. The first-order valence-corrected chi connectivity index (χ1v) is 8.98. The zero-order valence-electron chi connectivity index (χ0n) is 14.4. The number of nitrogens with one attached hydrogen (secondary N) is 2. The van der Waals surface area contributed by atoms with E-state index in [-0.39, 0.29) is 18.3 Å². The number of rotatable bonds is 7. The summed E-state index contributed by atoms with van der Waals surface area (Å²) in [5, 5.41) is 8.29. The van der Waals surface area contributed by atoms with Gasteiger partial charge in [-0.15, -0.1) is 23.7 Å². The maximum atomic E-state index is 12.5. The van der Waals surface area contributed by atoms with E-state index in [0.29, 0.717) is 18.3 Å². The number of amides is 1. The van der Waals surface area contributed by atoms with Gasteiger partial charge in [0.05, 0.1) is 5.69 Å². The van der Waals surface area contributed by atoms with Crippen molar-refractivity contribution in [1.82, 2.24) is 20.0 Å². The Morgan fingerprint density at radius 2 is 2.08 bits per heavy atom. The van der Waals surface area contributed by atoms with E-state index in [0.717, 1.165) is 23.5 Å². The van der Waals surface area contributed by atoms with Crippen molar-refractivity contribution in [2.24, 2.45) is 0 Å². The Morgan fingerprint density at radius 3 is 2.80 bits per heavy atom. The number of nitrogens with zero attached hydrogens (tertiary/aromatic N) is 2. The van der Waals surface area contributed by atoms with Gasteiger partial charge in [0.25, 0.3) is 5.91 Å². The number of carbonyl (C=O) groups excluding carboxylic acids is 1. The predicted octanol–water partition coefficient (Wildman–Crippen LogP) is 3.08. The Hall–Kier alpha value is -1.89. The van der Waals surface area contributed by atoms with Crippen LogP contribution in [0.25, 0.3) is 4.96 Å². The quantitative estimate of drug-likeness (QED) is 0.664. The topological polar surface area (TPSA) is 58.4 Å². The molecule has 3 aromatic rings. The van der Waals surface area contributed by atoms with Crippen molar-refractivity contribution < 1.29 is 4.79 Å². The average Bonchev–Trinajstić information content (AvgIpc) is 3.14. The van der Waals surface area contributed by atoms with Crippen LogP contribution in [-0.4, -0.2) is 34.9 Å². The molecular formula is C18H23ClN4OS. The molecule has 3 rings (SSSR count). The third-order valence-electron chi connectivity index (χ3n) is 4.16. The van der Waals surface area contributed by atoms with Gasteiger partial charge in [0.1, 0.15) is 5.69 Å². The maximum absolute atomic E-state index is 12.5. The van der Waals surface area contributed by atoms with Crippen LogP contribution in [0.5, 0.6) is 0 Å². The first-order chi connectivity index (χ1) is 11.7. The van der Waals surface area contributed by atoms with E-state index in [2.05, 4.69) is 39.9 Å². The number of benzene rings is 1. The minimum absolute atomic E-state index is 0. The Kier molecular flexibility index (Phi) is 6.99. The summed E-state index contributed by atoms with van der Waals surface area (Å²) in [6, 6.07) is 10.7. The van der Waals surface area contributed by atoms with Gasteiger partial charge < -0.3 is 10.6 Å². The van der Waals surface area contributed by atoms with Crippen molar-refractivity contribution in [2.45, 2.75) is 25.8 Å². The van der Waals surface area contributed by atoms with E-state index in [9.17, 15) is 4.79 Å². The van der Waals surface area contributed by atoms with E-state index in [1.165, 1.54) is 16.9 Å². The molecule has 0 aliphatic carbocycles. The van der Waals surface area contributed by atoms with Gasteiger partial charge in [0.2, 0.25) is 0 Å². The van der Waals surface area contributed by atoms with Gasteiger partial charge in [-0.1, -0.05) is 30.3 Å². The fourth-order valence-electron chi connectivity index (χ4n) is 2.86. The number of aromatic nitrogens is 2. The molecule has 134 valence electrons. The van der Waals surface area contributed by atoms with Crippen LogP contribution < -0.4 is 10.6 Å². The molecule has 2 N–H and O–H groups in total. The van der Waals surface area contributed by atoms with Crippen LogP contribution in [0.3, 0.4) is 0 Å². The standard InChI is InChI=1S/C18H22N4OS.ClH/c1-13-16(22-10-11-24-18(22)21-13)17(23)20-9-8-15(19-2)12-14-6-4-3-5-7-14;/h3-7,10-11,15,19H,8-9,12H2,1-2H3,(H,20,23);1H/t15-;/m1./s1. The highest BCUT2D eigenvalue weighted by atomic mass is 35.5. The fraction of sp³-hybridized carbons (Fsp3) is 0.333. The molecule has 1 aromatic carbocycles. The van der Waals surface area contributed by atoms with E-state index in [4.69, 9.17) is 0 Å². The van der Waals surface area contributed by atoms with Crippen molar-refractivity contribution >= 4 is 34.6 Å². The molecular weight excluding hydrogens is 356 g/mol. The molecule has 0 aliphatic rings. The van der Waals surface area contributed by atoms with Crippen molar-refractivity contribution in [1.29, 1.82) is 0 Å². The molecule has 0 saturated heterocycles. The number of aryl methyl sites for hydroxylation is 1. The molecule has 1 atom stereocenters. The molecule has 0 aliphatic heterocycles. The highest BCUT2D eigenvalue weighted by Crippen LogP contribution is 2.16. The Bertz CT molecular complexity index is 815. The molecule has 0 spiro atoms. The summed E-state index contributed by atoms with van der Waals surface area (Å²) in [7, 11) is 1.96. The maximum Gasteiger partial charge on any atom is 0.270 e. The molecule has 0 unspecified atom stereocenters. The summed E-state index contributed by atoms with van der Waals surface area (Å²) in [4.78, 5) is 17.8. The summed E-state index contributed by atoms with van der Waals surface area (Å²) in [5.41, 5.74) is 2.71. The Labute approximate surface area is 157 Å². The highest BCUT2D eigenvalue weighted by molar-refractivity contribution is 7.15. The minimum Gasteiger partial charge on any atom is -0.351 e. The highest BCUT2D eigenvalue weighted by Gasteiger charge is 2.17. The number of imidazole rings is 1. The van der Waals surface area contributed by atoms with Gasteiger partial charge in [-0.05, 0) is 32.4 Å². The molecule has 2 heterocycles. The summed E-state index contributed by atoms with van der Waals surface area (Å²) in [5.74, 6) is -0.0621. The van der Waals surface area contributed by atoms with Gasteiger partial charge in [-0.25, -0.2) is 4.98 Å². The zero-order chi connectivity index (χ0) is 16.9. The van der Waals surface area contributed by atoms with Crippen LogP contribution >= 0.6 is 23.7 Å². The zero-order valence-corrected chi connectivity index (χ0v) is 16.0. The summed E-state index contributed by atoms with van der Waals surface area (Å²) >= 11 is 1.54. The lowest BCUT2D eigenvalue weighted by Gasteiger charge is -2.16. The third kappa shape index (κ3) is 4.60. The number of halogens is 1. The molecule has 7 heteroatoms. The van der Waals surface area contributed by atoms with Crippen LogP contribution in [0.15, 0.2) is 41.9 Å². The molecule has 5 nitrogen and oxygen atoms in total. The Morgan fingerprint density at radius 1 is 1.32 bits per heavy atom. The van der Waals surface area contributed by atoms with Gasteiger partial charge in [-0.3, -0.25) is 9.20 Å². The lowest BCUT2D eigenvalue weighted by Crippen LogP contribution is -2.34. The van der Waals surface area contributed by atoms with E-state index in [1.807, 2.05) is 36.0 Å². The van der Waals surface area contributed by atoms with Crippen molar-refractivity contribution in [3.63, 3.8) is 0 Å². The van der Waals surface area contributed by atoms with Crippen LogP contribution in [-0.2, 0) is 6.42 Å². The number of fused-ring (bicyclic) bond motifs is 1. The summed E-state index contributed by atoms with van der Waals surface area (Å²) in [6.07, 6.45) is 3.72. The van der Waals surface area contributed by atoms with E-state index >= 15 is 0 Å². The molecule has 25 heavy (non-hydrogen) atoms. The van der Waals surface area contributed by atoms with Crippen LogP contribution in [0, 0.1) is 6.92 Å². The molecule has 0 bridgehead atoms. The molecule has 2 aromatic heterocycles. The van der Waals surface area contributed by atoms with Crippen molar-refractivity contribution in [3.8, 4) is 0 Å². The largest absolute Gasteiger partial charge is 0.351 e. The van der Waals surface area contributed by atoms with Crippen LogP contribution in [0.2, 0.25) is 0 Å². The van der Waals surface area contributed by atoms with Crippen molar-refractivity contribution in [2.75, 3.05) is 13.6 Å². The first kappa shape index (κ1) is 19.4. The number of thiazole rings is 1. The van der Waals surface area contributed by atoms with Gasteiger partial charge in [0, 0.05) is 24.2 Å². The first-order valence-electron chi connectivity index (χ1n) is 8.10. The lowest BCUT2D eigenvalue weighted by atomic mass is 10.0. The SMILES string of the molecule is CN[C@H](CCNC(=O)c1c(C)nc2sccn12)Cc1ccccc1.Cl. The average molecular weight is 379 g/mol. The molecule has 0 fully saturated rings. The summed E-state index contributed by atoms with van der Waals surface area (Å²) < 4.78 is 1.86. The number of likely N-dealkylation sites (N-methyl/N-ethyl adjacent to an activating group) is 1. The van der Waals surface area contributed by atoms with Crippen molar-refractivity contribution in [3.05, 3.63) is 58.9 Å². The minimum atomic E-state index is -0.0621. The molecule has 0 radical (unpaired) electrons. The summed E-state index contributed by atoms with van der Waals surface area (Å²) in [6.45, 7) is 2.51. The second kappa shape index (κ2) is 8.99. The normalized spacial score (nSPS) is 11.9. The van der Waals surface area contributed by atoms with Gasteiger partial charge in [-0.2, -0.15) is 0 Å². The number of hydrogen-bond donors (Lipinski definition) is 2. The lowest BCUT2D eigenvalue weighted by molar-refractivity contribution is 0.0945. The van der Waals surface area contributed by atoms with E-state index in [1.54, 1.807) is 0 Å². The van der Waals surface area contributed by atoms with E-state index < -0.39 is 0 Å². The van der Waals surface area contributed by atoms with Gasteiger partial charge >= 0.3 is 0 Å². The predicted molar refractivity (Wildman–Crippen MR) is 105 cm³/mol. The number of hydrogen-bond acceptors (Lipinski definition) is 4. The van der Waals surface area contributed by atoms with Gasteiger partial charge in [0.15, 0.2) is 4.96 Å². The smallest absolute Gasteiger partial charge is 0.270 e. The fourth-order valence-corrected chi connectivity index (χ4v) is 3.62. The molecule has 0 saturated carbocycles. The third-order valence-corrected chi connectivity index (χ3v) is 4.92. The second-order valence-electron chi connectivity index (χ2n) is 5.82. The van der Waals surface area contributed by atoms with Crippen LogP contribution in [0.4, 0.5) is 0 Å².